The van der Waals surface area contributed by atoms with Crippen LogP contribution in [0.25, 0.3) is 6.08 Å². The van der Waals surface area contributed by atoms with E-state index < -0.39 is 39.2 Å². The van der Waals surface area contributed by atoms with Gasteiger partial charge in [-0.25, -0.2) is 0 Å². The van der Waals surface area contributed by atoms with Crippen LogP contribution in [-0.2, 0) is 11.0 Å². The summed E-state index contributed by atoms with van der Waals surface area (Å²) in [7, 11) is 1.32. The van der Waals surface area contributed by atoms with Crippen molar-refractivity contribution < 1.29 is 32.4 Å². The lowest BCUT2D eigenvalue weighted by molar-refractivity contribution is -0.385. The van der Waals surface area contributed by atoms with E-state index in [2.05, 4.69) is 15.9 Å². The lowest BCUT2D eigenvalue weighted by atomic mass is 10.1. The minimum absolute atomic E-state index is 0.0453. The van der Waals surface area contributed by atoms with E-state index in [-0.39, 0.29) is 16.2 Å². The standard InChI is InChI=1S/C18H10BrF3N2O5S/c1-23-16(25)15(30-17(23)26)7-9-6-11(19)3-5-13(9)29-14-4-2-10(18(20,21)22)8-12(14)24(27)28/h2-8H,1H3/b15-7+. The van der Waals surface area contributed by atoms with Gasteiger partial charge in [-0.2, -0.15) is 13.2 Å². The molecule has 3 rings (SSSR count). The number of benzene rings is 2. The molecule has 0 radical (unpaired) electrons. The smallest absolute Gasteiger partial charge is 0.416 e. The van der Waals surface area contributed by atoms with Crippen LogP contribution in [0.1, 0.15) is 11.1 Å². The second kappa shape index (κ2) is 8.11. The van der Waals surface area contributed by atoms with Gasteiger partial charge in [-0.3, -0.25) is 24.6 Å². The van der Waals surface area contributed by atoms with Crippen molar-refractivity contribution in [3.63, 3.8) is 0 Å². The molecule has 12 heteroatoms. The van der Waals surface area contributed by atoms with Crippen LogP contribution in [0.5, 0.6) is 11.5 Å². The van der Waals surface area contributed by atoms with Gasteiger partial charge in [0, 0.05) is 23.2 Å². The van der Waals surface area contributed by atoms with Gasteiger partial charge in [0.1, 0.15) is 5.75 Å². The fourth-order valence-corrected chi connectivity index (χ4v) is 3.65. The van der Waals surface area contributed by atoms with Crippen LogP contribution in [0.2, 0.25) is 0 Å². The summed E-state index contributed by atoms with van der Waals surface area (Å²) in [5.74, 6) is -0.894. The van der Waals surface area contributed by atoms with Crippen molar-refractivity contribution in [1.29, 1.82) is 0 Å². The molecule has 30 heavy (non-hydrogen) atoms. The SMILES string of the molecule is CN1C(=O)S/C(=C/c2cc(Br)ccc2Oc2ccc(C(F)(F)F)cc2[N+](=O)[O-])C1=O. The highest BCUT2D eigenvalue weighted by Gasteiger charge is 2.34. The van der Waals surface area contributed by atoms with Gasteiger partial charge >= 0.3 is 11.9 Å². The average Bonchev–Trinajstić information content (AvgIpc) is 2.90. The highest BCUT2D eigenvalue weighted by molar-refractivity contribution is 9.10. The molecule has 0 saturated carbocycles. The lowest BCUT2D eigenvalue weighted by Gasteiger charge is -2.12. The summed E-state index contributed by atoms with van der Waals surface area (Å²) in [5.41, 5.74) is -1.76. The van der Waals surface area contributed by atoms with Gasteiger partial charge in [0.05, 0.1) is 15.4 Å². The van der Waals surface area contributed by atoms with Crippen LogP contribution in [-0.4, -0.2) is 28.0 Å². The van der Waals surface area contributed by atoms with E-state index in [1.807, 2.05) is 0 Å². The second-order valence-corrected chi connectivity index (χ2v) is 7.87. The summed E-state index contributed by atoms with van der Waals surface area (Å²) < 4.78 is 44.8. The number of thioether (sulfide) groups is 1. The van der Waals surface area contributed by atoms with Crippen molar-refractivity contribution in [3.8, 4) is 11.5 Å². The molecule has 0 bridgehead atoms. The van der Waals surface area contributed by atoms with Crippen molar-refractivity contribution in [2.24, 2.45) is 0 Å². The fraction of sp³-hybridized carbons (Fsp3) is 0.111. The number of rotatable bonds is 4. The maximum Gasteiger partial charge on any atom is 0.416 e. The fourth-order valence-electron chi connectivity index (χ4n) is 2.45. The Kier molecular flexibility index (Phi) is 5.90. The first-order valence-corrected chi connectivity index (χ1v) is 9.63. The summed E-state index contributed by atoms with van der Waals surface area (Å²) in [6.45, 7) is 0. The number of imide groups is 1. The number of hydrogen-bond donors (Lipinski definition) is 0. The van der Waals surface area contributed by atoms with Gasteiger partial charge in [-0.15, -0.1) is 0 Å². The Morgan fingerprint density at radius 2 is 1.83 bits per heavy atom. The van der Waals surface area contributed by atoms with Crippen molar-refractivity contribution in [2.45, 2.75) is 6.18 Å². The van der Waals surface area contributed by atoms with E-state index in [0.29, 0.717) is 28.4 Å². The molecular formula is C18H10BrF3N2O5S. The Morgan fingerprint density at radius 1 is 1.17 bits per heavy atom. The molecule has 0 aromatic heterocycles. The number of nitro groups is 1. The molecule has 2 aromatic carbocycles. The molecule has 156 valence electrons. The molecule has 0 unspecified atom stereocenters. The third-order valence-electron chi connectivity index (χ3n) is 3.95. The van der Waals surface area contributed by atoms with Crippen LogP contribution in [0.15, 0.2) is 45.8 Å². The van der Waals surface area contributed by atoms with Gasteiger partial charge in [-0.1, -0.05) is 15.9 Å². The van der Waals surface area contributed by atoms with Crippen LogP contribution in [0.3, 0.4) is 0 Å². The Bertz CT molecular complexity index is 1100. The number of carbonyl (C=O) groups excluding carboxylic acids is 2. The minimum atomic E-state index is -4.75. The molecule has 0 aliphatic carbocycles. The molecule has 0 spiro atoms. The normalized spacial score (nSPS) is 15.8. The van der Waals surface area contributed by atoms with Gasteiger partial charge in [0.2, 0.25) is 5.75 Å². The minimum Gasteiger partial charge on any atom is -0.449 e. The molecule has 0 N–H and O–H groups in total. The van der Waals surface area contributed by atoms with Crippen LogP contribution in [0.4, 0.5) is 23.7 Å². The molecule has 1 aliphatic heterocycles. The number of carbonyl (C=O) groups is 2. The molecule has 0 atom stereocenters. The number of likely N-dealkylation sites (N-methyl/N-ethyl adjacent to an activating group) is 1. The molecule has 2 amide bonds. The molecule has 1 fully saturated rings. The Balaban J connectivity index is 2.04. The molecule has 1 aliphatic rings. The van der Waals surface area contributed by atoms with E-state index in [1.54, 1.807) is 6.07 Å². The monoisotopic (exact) mass is 502 g/mol. The van der Waals surface area contributed by atoms with E-state index in [0.717, 1.165) is 11.0 Å². The Labute approximate surface area is 179 Å². The predicted octanol–water partition coefficient (Wildman–Crippen LogP) is 5.83. The zero-order chi connectivity index (χ0) is 22.2. The molecule has 2 aromatic rings. The van der Waals surface area contributed by atoms with Crippen molar-refractivity contribution >= 4 is 50.6 Å². The first-order valence-electron chi connectivity index (χ1n) is 8.02. The van der Waals surface area contributed by atoms with E-state index >= 15 is 0 Å². The first kappa shape index (κ1) is 21.8. The largest absolute Gasteiger partial charge is 0.449 e. The van der Waals surface area contributed by atoms with Crippen LogP contribution >= 0.6 is 27.7 Å². The van der Waals surface area contributed by atoms with Crippen molar-refractivity contribution in [1.82, 2.24) is 4.90 Å². The number of nitrogens with zero attached hydrogens (tertiary/aromatic N) is 2. The van der Waals surface area contributed by atoms with Crippen molar-refractivity contribution in [2.75, 3.05) is 7.05 Å². The van der Waals surface area contributed by atoms with E-state index in [1.165, 1.54) is 25.3 Å². The van der Waals surface area contributed by atoms with Gasteiger partial charge < -0.3 is 4.74 Å². The highest BCUT2D eigenvalue weighted by atomic mass is 79.9. The molecule has 1 heterocycles. The van der Waals surface area contributed by atoms with E-state index in [9.17, 15) is 32.9 Å². The van der Waals surface area contributed by atoms with Gasteiger partial charge in [0.25, 0.3) is 11.1 Å². The summed E-state index contributed by atoms with van der Waals surface area (Å²) in [6.07, 6.45) is -3.39. The number of hydrogen-bond acceptors (Lipinski definition) is 6. The molecular weight excluding hydrogens is 493 g/mol. The predicted molar refractivity (Wildman–Crippen MR) is 106 cm³/mol. The van der Waals surface area contributed by atoms with Gasteiger partial charge in [0.15, 0.2) is 0 Å². The average molecular weight is 503 g/mol. The maximum absolute atomic E-state index is 12.9. The Morgan fingerprint density at radius 3 is 2.40 bits per heavy atom. The summed E-state index contributed by atoms with van der Waals surface area (Å²) in [6, 6.07) is 6.42. The zero-order valence-corrected chi connectivity index (χ0v) is 17.3. The second-order valence-electron chi connectivity index (χ2n) is 5.96. The lowest BCUT2D eigenvalue weighted by Crippen LogP contribution is -2.22. The summed E-state index contributed by atoms with van der Waals surface area (Å²) in [4.78, 5) is 35.1. The zero-order valence-electron chi connectivity index (χ0n) is 14.9. The van der Waals surface area contributed by atoms with Crippen molar-refractivity contribution in [3.05, 3.63) is 67.0 Å². The van der Waals surface area contributed by atoms with Crippen LogP contribution in [0, 0.1) is 10.1 Å². The maximum atomic E-state index is 12.9. The van der Waals surface area contributed by atoms with Gasteiger partial charge in [-0.05, 0) is 48.2 Å². The summed E-state index contributed by atoms with van der Waals surface area (Å²) >= 11 is 3.96. The third kappa shape index (κ3) is 4.49. The number of amides is 2. The number of nitro benzene ring substituents is 1. The third-order valence-corrected chi connectivity index (χ3v) is 5.40. The number of alkyl halides is 3. The number of ether oxygens (including phenoxy) is 1. The highest BCUT2D eigenvalue weighted by Crippen LogP contribution is 2.40. The first-order chi connectivity index (χ1) is 14.0. The topological polar surface area (TPSA) is 89.8 Å². The molecule has 7 nitrogen and oxygen atoms in total. The summed E-state index contributed by atoms with van der Waals surface area (Å²) in [5, 5.41) is 10.8. The van der Waals surface area contributed by atoms with Crippen LogP contribution < -0.4 is 4.74 Å². The van der Waals surface area contributed by atoms with E-state index in [4.69, 9.17) is 4.74 Å². The molecule has 1 saturated heterocycles. The number of halogens is 4. The Hall–Kier alpha value is -2.86. The quantitative estimate of drug-likeness (QED) is 0.296.